The Morgan fingerprint density at radius 1 is 1.21 bits per heavy atom. The second-order valence-corrected chi connectivity index (χ2v) is 8.40. The monoisotopic (exact) mass is 421 g/mol. The lowest BCUT2D eigenvalue weighted by molar-refractivity contribution is -0.137. The SMILES string of the molecule is Cc1ccc([S+]([O-])NC(CC(=O)O)c2cc(-c3ccc(F)cc3F)cs2)cc1. The molecule has 0 amide bonds. The first-order valence-corrected chi connectivity index (χ1v) is 10.4. The third-order valence-corrected chi connectivity index (χ3v) is 6.31. The van der Waals surface area contributed by atoms with Crippen LogP contribution in [0, 0.1) is 18.6 Å². The van der Waals surface area contributed by atoms with Gasteiger partial charge in [-0.25, -0.2) is 8.78 Å². The maximum Gasteiger partial charge on any atom is 0.305 e. The van der Waals surface area contributed by atoms with Crippen molar-refractivity contribution in [3.8, 4) is 11.1 Å². The van der Waals surface area contributed by atoms with Gasteiger partial charge in [0.15, 0.2) is 4.90 Å². The Balaban J connectivity index is 1.84. The number of carboxylic acids is 1. The number of carboxylic acid groups (broad SMARTS) is 1. The Kier molecular flexibility index (Phi) is 6.46. The summed E-state index contributed by atoms with van der Waals surface area (Å²) in [5.74, 6) is -2.42. The normalized spacial score (nSPS) is 13.3. The fraction of sp³-hybridized carbons (Fsp3) is 0.150. The summed E-state index contributed by atoms with van der Waals surface area (Å²) in [6, 6.07) is 11.3. The van der Waals surface area contributed by atoms with Crippen molar-refractivity contribution >= 4 is 28.7 Å². The Labute approximate surface area is 168 Å². The molecular weight excluding hydrogens is 404 g/mol. The molecule has 0 aliphatic rings. The van der Waals surface area contributed by atoms with Gasteiger partial charge in [-0.2, -0.15) is 0 Å². The number of thiophene rings is 1. The summed E-state index contributed by atoms with van der Waals surface area (Å²) in [6.07, 6.45) is -0.288. The van der Waals surface area contributed by atoms with E-state index in [2.05, 4.69) is 4.72 Å². The zero-order valence-corrected chi connectivity index (χ0v) is 16.4. The zero-order valence-electron chi connectivity index (χ0n) is 14.8. The van der Waals surface area contributed by atoms with E-state index in [-0.39, 0.29) is 12.0 Å². The van der Waals surface area contributed by atoms with E-state index in [1.807, 2.05) is 19.1 Å². The number of hydrogen-bond acceptors (Lipinski definition) is 4. The van der Waals surface area contributed by atoms with E-state index in [0.29, 0.717) is 15.3 Å². The quantitative estimate of drug-likeness (QED) is 0.536. The minimum Gasteiger partial charge on any atom is -0.593 e. The lowest BCUT2D eigenvalue weighted by Gasteiger charge is -2.17. The molecule has 0 radical (unpaired) electrons. The fourth-order valence-electron chi connectivity index (χ4n) is 2.63. The van der Waals surface area contributed by atoms with Gasteiger partial charge in [-0.3, -0.25) is 4.79 Å². The maximum absolute atomic E-state index is 14.0. The molecule has 146 valence electrons. The second kappa shape index (κ2) is 8.83. The Morgan fingerprint density at radius 2 is 1.93 bits per heavy atom. The van der Waals surface area contributed by atoms with Crippen LogP contribution in [-0.2, 0) is 16.2 Å². The van der Waals surface area contributed by atoms with Gasteiger partial charge in [0.2, 0.25) is 0 Å². The second-order valence-electron chi connectivity index (χ2n) is 6.21. The van der Waals surface area contributed by atoms with Gasteiger partial charge in [-0.1, -0.05) is 17.7 Å². The van der Waals surface area contributed by atoms with Crippen molar-refractivity contribution in [3.63, 3.8) is 0 Å². The lowest BCUT2D eigenvalue weighted by atomic mass is 10.1. The summed E-state index contributed by atoms with van der Waals surface area (Å²) in [4.78, 5) is 12.4. The van der Waals surface area contributed by atoms with Gasteiger partial charge in [0.05, 0.1) is 23.8 Å². The topological polar surface area (TPSA) is 72.4 Å². The predicted molar refractivity (Wildman–Crippen MR) is 105 cm³/mol. The van der Waals surface area contributed by atoms with Crippen LogP contribution in [0.4, 0.5) is 8.78 Å². The molecule has 28 heavy (non-hydrogen) atoms. The average molecular weight is 421 g/mol. The summed E-state index contributed by atoms with van der Waals surface area (Å²) in [7, 11) is 0. The number of aliphatic carboxylic acids is 1. The lowest BCUT2D eigenvalue weighted by Crippen LogP contribution is -2.29. The highest BCUT2D eigenvalue weighted by atomic mass is 32.2. The van der Waals surface area contributed by atoms with Crippen molar-refractivity contribution in [1.82, 2.24) is 4.72 Å². The molecule has 2 aromatic carbocycles. The summed E-state index contributed by atoms with van der Waals surface area (Å²) in [5.41, 5.74) is 1.75. The van der Waals surface area contributed by atoms with Crippen molar-refractivity contribution in [1.29, 1.82) is 0 Å². The molecule has 0 saturated carbocycles. The van der Waals surface area contributed by atoms with E-state index in [4.69, 9.17) is 0 Å². The van der Waals surface area contributed by atoms with Crippen LogP contribution in [0.1, 0.15) is 22.9 Å². The fourth-order valence-corrected chi connectivity index (χ4v) is 4.66. The van der Waals surface area contributed by atoms with Crippen LogP contribution in [-0.4, -0.2) is 15.6 Å². The van der Waals surface area contributed by atoms with Crippen molar-refractivity contribution in [3.05, 3.63) is 76.0 Å². The molecule has 0 fully saturated rings. The minimum atomic E-state index is -1.61. The van der Waals surface area contributed by atoms with Crippen LogP contribution in [0.15, 0.2) is 58.8 Å². The summed E-state index contributed by atoms with van der Waals surface area (Å²) in [5, 5.41) is 10.9. The highest BCUT2D eigenvalue weighted by Gasteiger charge is 2.25. The highest BCUT2D eigenvalue weighted by molar-refractivity contribution is 7.89. The molecular formula is C20H17F2NO3S2. The molecule has 0 bridgehead atoms. The molecule has 1 aromatic heterocycles. The van der Waals surface area contributed by atoms with E-state index < -0.39 is 35.0 Å². The first-order valence-electron chi connectivity index (χ1n) is 8.34. The van der Waals surface area contributed by atoms with Gasteiger partial charge < -0.3 is 9.66 Å². The number of aryl methyl sites for hydroxylation is 1. The molecule has 0 aliphatic heterocycles. The van der Waals surface area contributed by atoms with Crippen molar-refractivity contribution in [2.75, 3.05) is 0 Å². The third kappa shape index (κ3) is 4.96. The Morgan fingerprint density at radius 3 is 2.57 bits per heavy atom. The summed E-state index contributed by atoms with van der Waals surface area (Å²) < 4.78 is 42.6. The Bertz CT molecular complexity index is 976. The van der Waals surface area contributed by atoms with Crippen LogP contribution in [0.25, 0.3) is 11.1 Å². The van der Waals surface area contributed by atoms with Crippen molar-refractivity contribution in [2.45, 2.75) is 24.3 Å². The molecule has 2 unspecified atom stereocenters. The van der Waals surface area contributed by atoms with E-state index >= 15 is 0 Å². The molecule has 4 nitrogen and oxygen atoms in total. The molecule has 3 aromatic rings. The first-order chi connectivity index (χ1) is 13.3. The Hall–Kier alpha value is -2.26. The third-order valence-electron chi connectivity index (χ3n) is 4.07. The molecule has 1 heterocycles. The van der Waals surface area contributed by atoms with Crippen LogP contribution >= 0.6 is 11.3 Å². The molecule has 3 rings (SSSR count). The van der Waals surface area contributed by atoms with Gasteiger partial charge in [-0.05, 0) is 48.2 Å². The van der Waals surface area contributed by atoms with Crippen molar-refractivity contribution in [2.24, 2.45) is 0 Å². The molecule has 0 aliphatic carbocycles. The van der Waals surface area contributed by atoms with Crippen LogP contribution in [0.2, 0.25) is 0 Å². The molecule has 0 spiro atoms. The van der Waals surface area contributed by atoms with E-state index in [1.165, 1.54) is 17.4 Å². The largest absolute Gasteiger partial charge is 0.593 e. The number of nitrogens with one attached hydrogen (secondary N) is 1. The van der Waals surface area contributed by atoms with E-state index in [0.717, 1.165) is 17.7 Å². The van der Waals surface area contributed by atoms with E-state index in [1.54, 1.807) is 23.6 Å². The predicted octanol–water partition coefficient (Wildman–Crippen LogP) is 4.83. The van der Waals surface area contributed by atoms with Crippen molar-refractivity contribution < 1.29 is 23.2 Å². The number of rotatable bonds is 7. The number of halogens is 2. The standard InChI is InChI=1S/C20H17F2NO3S2/c1-12-2-5-15(6-3-12)28(26)23-18(10-20(24)25)19-8-13(11-27-19)16-7-4-14(21)9-17(16)22/h2-9,11,18,23H,10H2,1H3,(H,24,25). The highest BCUT2D eigenvalue weighted by Crippen LogP contribution is 2.33. The smallest absolute Gasteiger partial charge is 0.305 e. The molecule has 2 N–H and O–H groups in total. The van der Waals surface area contributed by atoms with Gasteiger partial charge in [-0.15, -0.1) is 16.1 Å². The molecule has 2 atom stereocenters. The summed E-state index contributed by atoms with van der Waals surface area (Å²) in [6.45, 7) is 1.91. The molecule has 0 saturated heterocycles. The summed E-state index contributed by atoms with van der Waals surface area (Å²) >= 11 is -0.385. The number of carbonyl (C=O) groups is 1. The van der Waals surface area contributed by atoms with Gasteiger partial charge in [0, 0.05) is 16.5 Å². The molecule has 8 heteroatoms. The van der Waals surface area contributed by atoms with Crippen LogP contribution in [0.5, 0.6) is 0 Å². The zero-order chi connectivity index (χ0) is 20.3. The maximum atomic E-state index is 14.0. The van der Waals surface area contributed by atoms with Gasteiger partial charge >= 0.3 is 5.97 Å². The van der Waals surface area contributed by atoms with E-state index in [9.17, 15) is 23.2 Å². The van der Waals surface area contributed by atoms with Crippen LogP contribution < -0.4 is 4.72 Å². The number of hydrogen-bond donors (Lipinski definition) is 2. The number of benzene rings is 2. The van der Waals surface area contributed by atoms with Crippen LogP contribution in [0.3, 0.4) is 0 Å². The van der Waals surface area contributed by atoms with Gasteiger partial charge in [0.1, 0.15) is 11.6 Å². The average Bonchev–Trinajstić information content (AvgIpc) is 3.11. The first kappa shape index (κ1) is 20.5. The van der Waals surface area contributed by atoms with Gasteiger partial charge in [0.25, 0.3) is 0 Å². The minimum absolute atomic E-state index is 0.220.